The van der Waals surface area contributed by atoms with Crippen molar-refractivity contribution >= 4 is 6.09 Å². The molecule has 0 heterocycles. The van der Waals surface area contributed by atoms with E-state index in [4.69, 9.17) is 4.74 Å². The van der Waals surface area contributed by atoms with Gasteiger partial charge in [-0.25, -0.2) is 4.79 Å². The number of benzene rings is 2. The number of nitrogens with zero attached hydrogens (tertiary/aromatic N) is 1. The molecule has 27 heavy (non-hydrogen) atoms. The summed E-state index contributed by atoms with van der Waals surface area (Å²) in [6.45, 7) is 3.24. The molecule has 0 spiro atoms. The van der Waals surface area contributed by atoms with Crippen LogP contribution in [0.15, 0.2) is 60.7 Å². The van der Waals surface area contributed by atoms with Crippen LogP contribution in [-0.2, 0) is 17.9 Å². The fraction of sp³-hybridized carbons (Fsp3) is 0.409. The molecule has 0 bridgehead atoms. The predicted octanol–water partition coefficient (Wildman–Crippen LogP) is 3.17. The molecule has 1 amide bonds. The zero-order chi connectivity index (χ0) is 18.9. The molecule has 0 aliphatic heterocycles. The fourth-order valence-electron chi connectivity index (χ4n) is 3.27. The second-order valence-corrected chi connectivity index (χ2v) is 7.25. The Morgan fingerprint density at radius 1 is 1.00 bits per heavy atom. The highest BCUT2D eigenvalue weighted by Crippen LogP contribution is 2.20. The number of hydrogen-bond donors (Lipinski definition) is 2. The molecule has 1 saturated carbocycles. The Hall–Kier alpha value is -2.37. The maximum Gasteiger partial charge on any atom is 0.407 e. The van der Waals surface area contributed by atoms with E-state index in [-0.39, 0.29) is 12.1 Å². The molecule has 3 rings (SSSR count). The van der Waals surface area contributed by atoms with Crippen molar-refractivity contribution in [2.75, 3.05) is 20.1 Å². The van der Waals surface area contributed by atoms with E-state index < -0.39 is 0 Å². The van der Waals surface area contributed by atoms with E-state index in [0.717, 1.165) is 38.0 Å². The molecule has 0 radical (unpaired) electrons. The maximum atomic E-state index is 11.8. The van der Waals surface area contributed by atoms with Crippen molar-refractivity contribution in [3.8, 4) is 0 Å². The number of nitrogens with one attached hydrogen (secondary N) is 2. The van der Waals surface area contributed by atoms with Gasteiger partial charge in [-0.1, -0.05) is 60.7 Å². The number of carbonyl (C=O) groups excluding carboxylic acids is 1. The van der Waals surface area contributed by atoms with Gasteiger partial charge in [-0.05, 0) is 31.0 Å². The van der Waals surface area contributed by atoms with Gasteiger partial charge in [-0.2, -0.15) is 0 Å². The van der Waals surface area contributed by atoms with Crippen LogP contribution in [0.5, 0.6) is 0 Å². The van der Waals surface area contributed by atoms with Crippen LogP contribution in [0, 0.1) is 0 Å². The van der Waals surface area contributed by atoms with Crippen LogP contribution in [0.1, 0.15) is 24.0 Å². The summed E-state index contributed by atoms with van der Waals surface area (Å²) in [4.78, 5) is 14.2. The summed E-state index contributed by atoms with van der Waals surface area (Å²) in [7, 11) is 2.14. The van der Waals surface area contributed by atoms with Gasteiger partial charge in [0.05, 0.1) is 0 Å². The molecule has 5 nitrogen and oxygen atoms in total. The summed E-state index contributed by atoms with van der Waals surface area (Å²) >= 11 is 0. The van der Waals surface area contributed by atoms with Gasteiger partial charge < -0.3 is 20.3 Å². The molecule has 0 saturated heterocycles. The zero-order valence-corrected chi connectivity index (χ0v) is 15.9. The van der Waals surface area contributed by atoms with E-state index in [2.05, 4.69) is 46.8 Å². The van der Waals surface area contributed by atoms with E-state index in [1.54, 1.807) is 0 Å². The lowest BCUT2D eigenvalue weighted by molar-refractivity contribution is 0.125. The van der Waals surface area contributed by atoms with Crippen molar-refractivity contribution in [1.29, 1.82) is 0 Å². The first-order valence-corrected chi connectivity index (χ1v) is 9.62. The number of rotatable bonds is 9. The van der Waals surface area contributed by atoms with Crippen molar-refractivity contribution in [3.63, 3.8) is 0 Å². The van der Waals surface area contributed by atoms with E-state index in [1.165, 1.54) is 5.56 Å². The number of amides is 1. The van der Waals surface area contributed by atoms with Gasteiger partial charge in [0.25, 0.3) is 0 Å². The molecule has 0 atom stereocenters. The molecule has 1 aliphatic carbocycles. The van der Waals surface area contributed by atoms with Crippen LogP contribution in [0.2, 0.25) is 0 Å². The first-order chi connectivity index (χ1) is 13.2. The first-order valence-electron chi connectivity index (χ1n) is 9.62. The quantitative estimate of drug-likeness (QED) is 0.715. The van der Waals surface area contributed by atoms with Crippen LogP contribution in [0.3, 0.4) is 0 Å². The standard InChI is InChI=1S/C22H29N3O2/c1-25(16-18-8-4-2-5-9-18)13-12-23-20-14-21(15-20)24-22(26)27-17-19-10-6-3-7-11-19/h2-11,20-21,23H,12-17H2,1H3,(H,24,26). The lowest BCUT2D eigenvalue weighted by Crippen LogP contribution is -2.53. The lowest BCUT2D eigenvalue weighted by Gasteiger charge is -2.36. The summed E-state index contributed by atoms with van der Waals surface area (Å²) < 4.78 is 5.26. The largest absolute Gasteiger partial charge is 0.445 e. The third-order valence-corrected chi connectivity index (χ3v) is 4.89. The van der Waals surface area contributed by atoms with Crippen molar-refractivity contribution in [1.82, 2.24) is 15.5 Å². The van der Waals surface area contributed by atoms with E-state index in [9.17, 15) is 4.79 Å². The molecule has 2 aromatic rings. The molecule has 1 aliphatic rings. The summed E-state index contributed by atoms with van der Waals surface area (Å²) in [5.41, 5.74) is 2.34. The van der Waals surface area contributed by atoms with Crippen LogP contribution in [-0.4, -0.2) is 43.2 Å². The molecular weight excluding hydrogens is 338 g/mol. The molecule has 144 valence electrons. The fourth-order valence-corrected chi connectivity index (χ4v) is 3.27. The molecule has 1 fully saturated rings. The third kappa shape index (κ3) is 6.70. The number of carbonyl (C=O) groups is 1. The van der Waals surface area contributed by atoms with E-state index in [1.807, 2.05) is 36.4 Å². The zero-order valence-electron chi connectivity index (χ0n) is 15.9. The van der Waals surface area contributed by atoms with Gasteiger partial charge in [0.15, 0.2) is 0 Å². The Labute approximate surface area is 161 Å². The summed E-state index contributed by atoms with van der Waals surface area (Å²) in [5, 5.41) is 6.50. The lowest BCUT2D eigenvalue weighted by atomic mass is 9.87. The van der Waals surface area contributed by atoms with Gasteiger partial charge in [0.1, 0.15) is 6.61 Å². The normalized spacial score (nSPS) is 18.7. The SMILES string of the molecule is CN(CCNC1CC(NC(=O)OCc2ccccc2)C1)Cc1ccccc1. The number of alkyl carbamates (subject to hydrolysis) is 1. The number of likely N-dealkylation sites (N-methyl/N-ethyl adjacent to an activating group) is 1. The van der Waals surface area contributed by atoms with Gasteiger partial charge in [0.2, 0.25) is 0 Å². The van der Waals surface area contributed by atoms with E-state index in [0.29, 0.717) is 12.6 Å². The number of hydrogen-bond acceptors (Lipinski definition) is 4. The molecule has 5 heteroatoms. The molecular formula is C22H29N3O2. The van der Waals surface area contributed by atoms with Crippen LogP contribution in [0.4, 0.5) is 4.79 Å². The molecule has 2 aromatic carbocycles. The van der Waals surface area contributed by atoms with Crippen molar-refractivity contribution in [3.05, 3.63) is 71.8 Å². The topological polar surface area (TPSA) is 53.6 Å². The van der Waals surface area contributed by atoms with Crippen molar-refractivity contribution < 1.29 is 9.53 Å². The Balaban J connectivity index is 1.23. The Bertz CT molecular complexity index is 687. The van der Waals surface area contributed by atoms with Crippen LogP contribution >= 0.6 is 0 Å². The Morgan fingerprint density at radius 3 is 2.30 bits per heavy atom. The second-order valence-electron chi connectivity index (χ2n) is 7.25. The van der Waals surface area contributed by atoms with Crippen LogP contribution < -0.4 is 10.6 Å². The Morgan fingerprint density at radius 2 is 1.63 bits per heavy atom. The van der Waals surface area contributed by atoms with Gasteiger partial charge in [-0.3, -0.25) is 0 Å². The first kappa shape index (κ1) is 19.4. The predicted molar refractivity (Wildman–Crippen MR) is 107 cm³/mol. The highest BCUT2D eigenvalue weighted by molar-refractivity contribution is 5.67. The molecule has 0 aromatic heterocycles. The summed E-state index contributed by atoms with van der Waals surface area (Å²) in [5.74, 6) is 0. The van der Waals surface area contributed by atoms with Gasteiger partial charge in [0, 0.05) is 31.7 Å². The van der Waals surface area contributed by atoms with Gasteiger partial charge in [-0.15, -0.1) is 0 Å². The number of ether oxygens (including phenoxy) is 1. The highest BCUT2D eigenvalue weighted by atomic mass is 16.5. The van der Waals surface area contributed by atoms with E-state index >= 15 is 0 Å². The van der Waals surface area contributed by atoms with Crippen molar-refractivity contribution in [2.24, 2.45) is 0 Å². The average molecular weight is 367 g/mol. The van der Waals surface area contributed by atoms with Crippen LogP contribution in [0.25, 0.3) is 0 Å². The van der Waals surface area contributed by atoms with Crippen molar-refractivity contribution in [2.45, 2.75) is 38.1 Å². The second kappa shape index (κ2) is 10.1. The minimum atomic E-state index is -0.329. The minimum absolute atomic E-state index is 0.216. The Kier molecular flexibility index (Phi) is 7.25. The summed E-state index contributed by atoms with van der Waals surface area (Å²) in [6.07, 6.45) is 1.59. The minimum Gasteiger partial charge on any atom is -0.445 e. The molecule has 2 N–H and O–H groups in total. The monoisotopic (exact) mass is 367 g/mol. The third-order valence-electron chi connectivity index (χ3n) is 4.89. The van der Waals surface area contributed by atoms with Gasteiger partial charge >= 0.3 is 6.09 Å². The highest BCUT2D eigenvalue weighted by Gasteiger charge is 2.30. The average Bonchev–Trinajstić information content (AvgIpc) is 2.66. The smallest absolute Gasteiger partial charge is 0.407 e. The summed E-state index contributed by atoms with van der Waals surface area (Å²) in [6, 6.07) is 20.9. The molecule has 0 unspecified atom stereocenters. The maximum absolute atomic E-state index is 11.8.